The molecule has 1 saturated carbocycles. The van der Waals surface area contributed by atoms with Gasteiger partial charge in [0.15, 0.2) is 11.6 Å². The van der Waals surface area contributed by atoms with Crippen LogP contribution in [0.2, 0.25) is 10.0 Å². The number of nitrogens with zero attached hydrogens (tertiary/aromatic N) is 3. The van der Waals surface area contributed by atoms with Crippen LogP contribution >= 0.6 is 23.2 Å². The maximum absolute atomic E-state index is 14.5. The van der Waals surface area contributed by atoms with E-state index >= 15 is 0 Å². The van der Waals surface area contributed by atoms with Gasteiger partial charge in [0.05, 0.1) is 5.02 Å². The Morgan fingerprint density at radius 3 is 2.52 bits per heavy atom. The van der Waals surface area contributed by atoms with Gasteiger partial charge in [-0.05, 0) is 36.6 Å². The van der Waals surface area contributed by atoms with E-state index in [2.05, 4.69) is 10.3 Å². The molecule has 0 bridgehead atoms. The molecule has 2 aliphatic rings. The van der Waals surface area contributed by atoms with Crippen LogP contribution < -0.4 is 10.2 Å². The molecule has 4 rings (SSSR count). The second kappa shape index (κ2) is 8.09. The molecule has 162 valence electrons. The molecular formula is C21H19Cl2FN4O3. The Bertz CT molecular complexity index is 1060. The number of hydrogen-bond acceptors (Lipinski definition) is 4. The Kier molecular flexibility index (Phi) is 5.61. The second-order valence-electron chi connectivity index (χ2n) is 7.71. The Morgan fingerprint density at radius 2 is 1.90 bits per heavy atom. The number of piperazine rings is 1. The molecule has 1 aliphatic carbocycles. The minimum Gasteiger partial charge on any atom is -0.359 e. The standard InChI is InChI=1S/C21H19Cl2FN4O3/c1-25-19(30)13-7-21(8-13)20(31)27(18-16(24)6-15(23)9-26-18)11-17(29)28(21)10-12-2-4-14(22)5-3-12/h2-6,9,13H,7-8,10-11H2,1H3,(H,25,30)/t13-,21+. The summed E-state index contributed by atoms with van der Waals surface area (Å²) in [5, 5.41) is 3.21. The Labute approximate surface area is 188 Å². The third-order valence-corrected chi connectivity index (χ3v) is 6.30. The van der Waals surface area contributed by atoms with Crippen molar-refractivity contribution in [2.75, 3.05) is 18.5 Å². The van der Waals surface area contributed by atoms with E-state index in [1.807, 2.05) is 0 Å². The van der Waals surface area contributed by atoms with Crippen molar-refractivity contribution in [2.45, 2.75) is 24.9 Å². The molecule has 7 nitrogen and oxygen atoms in total. The molecule has 2 heterocycles. The molecule has 1 aliphatic heterocycles. The first-order valence-corrected chi connectivity index (χ1v) is 10.4. The van der Waals surface area contributed by atoms with Crippen LogP contribution in [0.25, 0.3) is 0 Å². The van der Waals surface area contributed by atoms with E-state index in [9.17, 15) is 18.8 Å². The molecule has 0 radical (unpaired) electrons. The monoisotopic (exact) mass is 464 g/mol. The van der Waals surface area contributed by atoms with Gasteiger partial charge in [-0.25, -0.2) is 9.37 Å². The van der Waals surface area contributed by atoms with Crippen LogP contribution in [0.15, 0.2) is 36.5 Å². The molecule has 10 heteroatoms. The normalized spacial score (nSPS) is 23.2. The Morgan fingerprint density at radius 1 is 1.23 bits per heavy atom. The van der Waals surface area contributed by atoms with Crippen LogP contribution in [0.5, 0.6) is 0 Å². The van der Waals surface area contributed by atoms with E-state index in [-0.39, 0.29) is 48.6 Å². The molecule has 1 aromatic carbocycles. The van der Waals surface area contributed by atoms with Crippen molar-refractivity contribution in [3.63, 3.8) is 0 Å². The number of rotatable bonds is 4. The zero-order valence-corrected chi connectivity index (χ0v) is 18.1. The Balaban J connectivity index is 1.69. The molecule has 0 unspecified atom stereocenters. The van der Waals surface area contributed by atoms with Crippen molar-refractivity contribution in [2.24, 2.45) is 5.92 Å². The predicted molar refractivity (Wildman–Crippen MR) is 113 cm³/mol. The lowest BCUT2D eigenvalue weighted by atomic mass is 9.64. The fourth-order valence-corrected chi connectivity index (χ4v) is 4.50. The van der Waals surface area contributed by atoms with E-state index in [0.717, 1.165) is 16.5 Å². The van der Waals surface area contributed by atoms with Crippen LogP contribution in [-0.4, -0.2) is 46.7 Å². The molecule has 31 heavy (non-hydrogen) atoms. The first-order chi connectivity index (χ1) is 14.7. The van der Waals surface area contributed by atoms with Crippen molar-refractivity contribution in [3.05, 3.63) is 58.0 Å². The number of halogens is 3. The summed E-state index contributed by atoms with van der Waals surface area (Å²) >= 11 is 11.7. The van der Waals surface area contributed by atoms with Gasteiger partial charge in [-0.15, -0.1) is 0 Å². The zero-order valence-electron chi connectivity index (χ0n) is 16.6. The first-order valence-electron chi connectivity index (χ1n) is 9.64. The highest BCUT2D eigenvalue weighted by atomic mass is 35.5. The number of carbonyl (C=O) groups excluding carboxylic acids is 3. The van der Waals surface area contributed by atoms with E-state index in [1.165, 1.54) is 18.1 Å². The number of nitrogens with one attached hydrogen (secondary N) is 1. The topological polar surface area (TPSA) is 82.6 Å². The average molecular weight is 465 g/mol. The van der Waals surface area contributed by atoms with Crippen LogP contribution in [0.4, 0.5) is 10.2 Å². The van der Waals surface area contributed by atoms with E-state index in [1.54, 1.807) is 24.3 Å². The fourth-order valence-electron chi connectivity index (χ4n) is 4.23. The van der Waals surface area contributed by atoms with Crippen LogP contribution in [0.1, 0.15) is 18.4 Å². The van der Waals surface area contributed by atoms with Gasteiger partial charge in [-0.1, -0.05) is 35.3 Å². The molecule has 1 saturated heterocycles. The Hall–Kier alpha value is -2.71. The summed E-state index contributed by atoms with van der Waals surface area (Å²) in [5.41, 5.74) is -0.461. The lowest BCUT2D eigenvalue weighted by Gasteiger charge is -2.56. The van der Waals surface area contributed by atoms with Crippen LogP contribution in [0, 0.1) is 11.7 Å². The quantitative estimate of drug-likeness (QED) is 0.753. The predicted octanol–water partition coefficient (Wildman–Crippen LogP) is 2.80. The number of hydrogen-bond donors (Lipinski definition) is 1. The molecule has 0 atom stereocenters. The fraction of sp³-hybridized carbons (Fsp3) is 0.333. The molecule has 2 aromatic rings. The summed E-state index contributed by atoms with van der Waals surface area (Å²) < 4.78 is 14.5. The number of carbonyl (C=O) groups is 3. The van der Waals surface area contributed by atoms with Crippen molar-refractivity contribution in [1.82, 2.24) is 15.2 Å². The van der Waals surface area contributed by atoms with Crippen LogP contribution in [0.3, 0.4) is 0 Å². The van der Waals surface area contributed by atoms with E-state index in [4.69, 9.17) is 23.2 Å². The minimum absolute atomic E-state index is 0.0828. The van der Waals surface area contributed by atoms with Gasteiger partial charge in [0.25, 0.3) is 5.91 Å². The third kappa shape index (κ3) is 3.74. The van der Waals surface area contributed by atoms with Gasteiger partial charge in [-0.3, -0.25) is 19.3 Å². The highest BCUT2D eigenvalue weighted by molar-refractivity contribution is 6.30. The number of amides is 3. The van der Waals surface area contributed by atoms with Gasteiger partial charge in [0, 0.05) is 30.7 Å². The summed E-state index contributed by atoms with van der Waals surface area (Å²) in [6.07, 6.45) is 1.52. The molecule has 2 fully saturated rings. The largest absolute Gasteiger partial charge is 0.359 e. The highest BCUT2D eigenvalue weighted by Crippen LogP contribution is 2.47. The highest BCUT2D eigenvalue weighted by Gasteiger charge is 2.61. The maximum Gasteiger partial charge on any atom is 0.254 e. The second-order valence-corrected chi connectivity index (χ2v) is 8.58. The summed E-state index contributed by atoms with van der Waals surface area (Å²) in [5.74, 6) is -2.49. The van der Waals surface area contributed by atoms with Gasteiger partial charge in [-0.2, -0.15) is 0 Å². The van der Waals surface area contributed by atoms with E-state index < -0.39 is 23.2 Å². The smallest absolute Gasteiger partial charge is 0.254 e. The molecule has 3 amide bonds. The zero-order chi connectivity index (χ0) is 22.3. The van der Waals surface area contributed by atoms with Gasteiger partial charge < -0.3 is 10.2 Å². The number of pyridine rings is 1. The molecule has 1 N–H and O–H groups in total. The lowest BCUT2D eigenvalue weighted by Crippen LogP contribution is -2.73. The SMILES string of the molecule is CNC(=O)[C@H]1C[C@@]2(C1)C(=O)N(c1ncc(Cl)cc1F)CC(=O)N2Cc1ccc(Cl)cc1. The summed E-state index contributed by atoms with van der Waals surface area (Å²) in [6, 6.07) is 7.99. The van der Waals surface area contributed by atoms with Crippen molar-refractivity contribution >= 4 is 46.7 Å². The van der Waals surface area contributed by atoms with Crippen molar-refractivity contribution < 1.29 is 18.8 Å². The molecule has 1 spiro atoms. The van der Waals surface area contributed by atoms with Crippen molar-refractivity contribution in [3.8, 4) is 0 Å². The maximum atomic E-state index is 14.5. The van der Waals surface area contributed by atoms with Crippen LogP contribution in [-0.2, 0) is 20.9 Å². The summed E-state index contributed by atoms with van der Waals surface area (Å²) in [4.78, 5) is 45.3. The summed E-state index contributed by atoms with van der Waals surface area (Å²) in [7, 11) is 1.52. The number of benzene rings is 1. The van der Waals surface area contributed by atoms with Gasteiger partial charge >= 0.3 is 0 Å². The van der Waals surface area contributed by atoms with Gasteiger partial charge in [0.2, 0.25) is 11.8 Å². The number of aromatic nitrogens is 1. The average Bonchev–Trinajstić information content (AvgIpc) is 2.71. The number of anilines is 1. The van der Waals surface area contributed by atoms with E-state index in [0.29, 0.717) is 5.02 Å². The summed E-state index contributed by atoms with van der Waals surface area (Å²) in [6.45, 7) is -0.184. The van der Waals surface area contributed by atoms with Gasteiger partial charge in [0.1, 0.15) is 12.1 Å². The minimum atomic E-state index is -1.25. The van der Waals surface area contributed by atoms with Crippen molar-refractivity contribution in [1.29, 1.82) is 0 Å². The molecule has 1 aromatic heterocycles. The lowest BCUT2D eigenvalue weighted by molar-refractivity contribution is -0.165. The first kappa shape index (κ1) is 21.5. The molecular weight excluding hydrogens is 446 g/mol. The third-order valence-electron chi connectivity index (χ3n) is 5.84.